The number of nitrogens with one attached hydrogen (secondary N) is 1. The minimum atomic E-state index is -3.68. The van der Waals surface area contributed by atoms with E-state index in [-0.39, 0.29) is 17.5 Å². The van der Waals surface area contributed by atoms with Crippen LogP contribution in [0, 0.1) is 0 Å². The van der Waals surface area contributed by atoms with Crippen LogP contribution in [0.2, 0.25) is 0 Å². The molecule has 0 atom stereocenters. The summed E-state index contributed by atoms with van der Waals surface area (Å²) in [5.74, 6) is -0.258. The van der Waals surface area contributed by atoms with Crippen molar-refractivity contribution in [1.29, 1.82) is 0 Å². The number of rotatable bonds is 6. The molecule has 0 saturated carbocycles. The highest BCUT2D eigenvalue weighted by atomic mass is 32.2. The average Bonchev–Trinajstić information content (AvgIpc) is 2.82. The molecule has 0 aliphatic rings. The summed E-state index contributed by atoms with van der Waals surface area (Å²) in [6.45, 7) is 1.98. The van der Waals surface area contributed by atoms with Crippen LogP contribution in [0.1, 0.15) is 13.3 Å². The van der Waals surface area contributed by atoms with Crippen molar-refractivity contribution >= 4 is 15.9 Å². The van der Waals surface area contributed by atoms with Crippen LogP contribution >= 0.6 is 0 Å². The van der Waals surface area contributed by atoms with Crippen LogP contribution in [0.15, 0.2) is 17.6 Å². The van der Waals surface area contributed by atoms with Crippen molar-refractivity contribution in [3.63, 3.8) is 0 Å². The molecule has 0 spiro atoms. The minimum Gasteiger partial charge on any atom is -0.348 e. The Kier molecular flexibility index (Phi) is 4.85. The van der Waals surface area contributed by atoms with Crippen LogP contribution in [0.3, 0.4) is 0 Å². The summed E-state index contributed by atoms with van der Waals surface area (Å²) in [6.07, 6.45) is 3.16. The number of aromatic nitrogens is 2. The highest BCUT2D eigenvalue weighted by Gasteiger charge is 2.27. The van der Waals surface area contributed by atoms with Crippen molar-refractivity contribution in [2.75, 3.05) is 27.2 Å². The fourth-order valence-corrected chi connectivity index (χ4v) is 2.73. The number of aromatic amines is 1. The maximum atomic E-state index is 12.2. The zero-order chi connectivity index (χ0) is 13.8. The SMILES string of the molecule is CCCN(CC(=O)N(C)C)S(=O)(=O)c1cnc[nH]1. The summed E-state index contributed by atoms with van der Waals surface area (Å²) in [4.78, 5) is 19.2. The van der Waals surface area contributed by atoms with Crippen LogP contribution in [0.25, 0.3) is 0 Å². The lowest BCUT2D eigenvalue weighted by atomic mass is 10.4. The molecule has 1 N–H and O–H groups in total. The first-order chi connectivity index (χ1) is 8.39. The van der Waals surface area contributed by atoms with Crippen molar-refractivity contribution in [1.82, 2.24) is 19.2 Å². The first-order valence-electron chi connectivity index (χ1n) is 5.58. The first kappa shape index (κ1) is 14.7. The van der Waals surface area contributed by atoms with Gasteiger partial charge in [-0.15, -0.1) is 0 Å². The molecule has 7 nitrogen and oxygen atoms in total. The number of likely N-dealkylation sites (N-methyl/N-ethyl adjacent to an activating group) is 1. The van der Waals surface area contributed by atoms with E-state index in [0.29, 0.717) is 13.0 Å². The van der Waals surface area contributed by atoms with E-state index in [1.165, 1.54) is 17.4 Å². The molecule has 0 aliphatic carbocycles. The number of amides is 1. The number of imidazole rings is 1. The monoisotopic (exact) mass is 274 g/mol. The Hall–Kier alpha value is -1.41. The molecule has 1 aromatic heterocycles. The van der Waals surface area contributed by atoms with E-state index in [1.54, 1.807) is 14.1 Å². The molecule has 1 amide bonds. The zero-order valence-electron chi connectivity index (χ0n) is 10.8. The Morgan fingerprint density at radius 1 is 1.44 bits per heavy atom. The van der Waals surface area contributed by atoms with Gasteiger partial charge in [-0.25, -0.2) is 13.4 Å². The van der Waals surface area contributed by atoms with Gasteiger partial charge in [-0.3, -0.25) is 4.79 Å². The molecular formula is C10H18N4O3S. The Morgan fingerprint density at radius 3 is 2.56 bits per heavy atom. The Labute approximate surface area is 107 Å². The highest BCUT2D eigenvalue weighted by Crippen LogP contribution is 2.12. The van der Waals surface area contributed by atoms with E-state index in [4.69, 9.17) is 0 Å². The summed E-state index contributed by atoms with van der Waals surface area (Å²) in [5, 5.41) is 0.00232. The molecule has 8 heteroatoms. The van der Waals surface area contributed by atoms with E-state index < -0.39 is 10.0 Å². The first-order valence-corrected chi connectivity index (χ1v) is 7.02. The van der Waals surface area contributed by atoms with Gasteiger partial charge in [0, 0.05) is 20.6 Å². The largest absolute Gasteiger partial charge is 0.348 e. The molecular weight excluding hydrogens is 256 g/mol. The van der Waals surface area contributed by atoms with Gasteiger partial charge in [-0.05, 0) is 6.42 Å². The van der Waals surface area contributed by atoms with Gasteiger partial charge >= 0.3 is 0 Å². The minimum absolute atomic E-state index is 0.00232. The zero-order valence-corrected chi connectivity index (χ0v) is 11.6. The maximum Gasteiger partial charge on any atom is 0.260 e. The molecule has 0 radical (unpaired) electrons. The fraction of sp³-hybridized carbons (Fsp3) is 0.600. The second kappa shape index (κ2) is 5.96. The fourth-order valence-electron chi connectivity index (χ4n) is 1.35. The van der Waals surface area contributed by atoms with Crippen LogP contribution in [0.5, 0.6) is 0 Å². The summed E-state index contributed by atoms with van der Waals surface area (Å²) in [7, 11) is -0.496. The molecule has 0 aromatic carbocycles. The molecule has 0 unspecified atom stereocenters. The van der Waals surface area contributed by atoms with Gasteiger partial charge in [0.2, 0.25) is 5.91 Å². The lowest BCUT2D eigenvalue weighted by molar-refractivity contribution is -0.128. The molecule has 1 heterocycles. The quantitative estimate of drug-likeness (QED) is 0.784. The van der Waals surface area contributed by atoms with Gasteiger partial charge in [0.1, 0.15) is 0 Å². The van der Waals surface area contributed by atoms with E-state index in [9.17, 15) is 13.2 Å². The normalized spacial score (nSPS) is 11.8. The Bertz CT molecular complexity index is 481. The smallest absolute Gasteiger partial charge is 0.260 e. The number of sulfonamides is 1. The molecule has 0 fully saturated rings. The van der Waals surface area contributed by atoms with Gasteiger partial charge in [0.25, 0.3) is 10.0 Å². The van der Waals surface area contributed by atoms with Crippen LogP contribution in [-0.2, 0) is 14.8 Å². The lowest BCUT2D eigenvalue weighted by Gasteiger charge is -2.21. The van der Waals surface area contributed by atoms with Crippen molar-refractivity contribution in [2.45, 2.75) is 18.4 Å². The number of carbonyl (C=O) groups excluding carboxylic acids is 1. The average molecular weight is 274 g/mol. The number of hydrogen-bond donors (Lipinski definition) is 1. The summed E-state index contributed by atoms with van der Waals surface area (Å²) in [6, 6.07) is 0. The molecule has 18 heavy (non-hydrogen) atoms. The third kappa shape index (κ3) is 3.30. The van der Waals surface area contributed by atoms with Crippen molar-refractivity contribution in [2.24, 2.45) is 0 Å². The second-order valence-electron chi connectivity index (χ2n) is 4.04. The molecule has 1 rings (SSSR count). The third-order valence-electron chi connectivity index (χ3n) is 2.37. The predicted molar refractivity (Wildman–Crippen MR) is 66.3 cm³/mol. The molecule has 0 aliphatic heterocycles. The summed E-state index contributed by atoms with van der Waals surface area (Å²) >= 11 is 0. The number of H-pyrrole nitrogens is 1. The second-order valence-corrected chi connectivity index (χ2v) is 5.95. The predicted octanol–water partition coefficient (Wildman–Crippen LogP) is -0.101. The van der Waals surface area contributed by atoms with Gasteiger partial charge in [0.05, 0.1) is 19.1 Å². The lowest BCUT2D eigenvalue weighted by Crippen LogP contribution is -2.40. The van der Waals surface area contributed by atoms with E-state index >= 15 is 0 Å². The number of hydrogen-bond acceptors (Lipinski definition) is 4. The molecule has 1 aromatic rings. The van der Waals surface area contributed by atoms with Crippen molar-refractivity contribution in [3.05, 3.63) is 12.5 Å². The van der Waals surface area contributed by atoms with Crippen LogP contribution in [-0.4, -0.2) is 60.7 Å². The number of carbonyl (C=O) groups is 1. The Morgan fingerprint density at radius 2 is 2.11 bits per heavy atom. The van der Waals surface area contributed by atoms with Gasteiger partial charge in [-0.1, -0.05) is 6.92 Å². The molecule has 0 saturated heterocycles. The van der Waals surface area contributed by atoms with E-state index in [0.717, 1.165) is 4.31 Å². The summed E-state index contributed by atoms with van der Waals surface area (Å²) < 4.78 is 25.6. The Balaban J connectivity index is 2.95. The molecule has 0 bridgehead atoms. The number of nitrogens with zero attached hydrogens (tertiary/aromatic N) is 3. The van der Waals surface area contributed by atoms with Gasteiger partial charge in [-0.2, -0.15) is 4.31 Å². The van der Waals surface area contributed by atoms with Crippen molar-refractivity contribution < 1.29 is 13.2 Å². The third-order valence-corrected chi connectivity index (χ3v) is 4.14. The van der Waals surface area contributed by atoms with Crippen LogP contribution < -0.4 is 0 Å². The van der Waals surface area contributed by atoms with E-state index in [2.05, 4.69) is 9.97 Å². The highest BCUT2D eigenvalue weighted by molar-refractivity contribution is 7.89. The topological polar surface area (TPSA) is 86.4 Å². The standard InChI is InChI=1S/C10H18N4O3S/c1-4-5-14(7-10(15)13(2)3)18(16,17)9-6-11-8-12-9/h6,8H,4-5,7H2,1-3H3,(H,11,12). The van der Waals surface area contributed by atoms with E-state index in [1.807, 2.05) is 6.92 Å². The van der Waals surface area contributed by atoms with Gasteiger partial charge in [0.15, 0.2) is 5.03 Å². The van der Waals surface area contributed by atoms with Crippen molar-refractivity contribution in [3.8, 4) is 0 Å². The maximum absolute atomic E-state index is 12.2. The van der Waals surface area contributed by atoms with Crippen LogP contribution in [0.4, 0.5) is 0 Å². The molecule has 102 valence electrons. The van der Waals surface area contributed by atoms with Gasteiger partial charge < -0.3 is 9.88 Å². The summed E-state index contributed by atoms with van der Waals surface area (Å²) in [5.41, 5.74) is 0.